The Labute approximate surface area is 174 Å². The van der Waals surface area contributed by atoms with Gasteiger partial charge in [0, 0.05) is 34.8 Å². The zero-order valence-corrected chi connectivity index (χ0v) is 18.7. The Bertz CT molecular complexity index is 1030. The average Bonchev–Trinajstić information content (AvgIpc) is 2.59. The van der Waals surface area contributed by atoms with Gasteiger partial charge in [-0.25, -0.2) is 0 Å². The Kier molecular flexibility index (Phi) is 4.24. The summed E-state index contributed by atoms with van der Waals surface area (Å²) in [6.07, 6.45) is 3.18. The summed E-state index contributed by atoms with van der Waals surface area (Å²) in [6.45, 7) is 14.9. The molecular weight excluding hydrogens is 356 g/mol. The van der Waals surface area contributed by atoms with Crippen molar-refractivity contribution in [3.63, 3.8) is 0 Å². The second-order valence-electron chi connectivity index (χ2n) is 10.1. The third-order valence-corrected chi connectivity index (χ3v) is 6.56. The van der Waals surface area contributed by atoms with E-state index >= 15 is 0 Å². The molecule has 2 aliphatic heterocycles. The highest BCUT2D eigenvalue weighted by Crippen LogP contribution is 2.51. The highest BCUT2D eigenvalue weighted by atomic mass is 16.2. The van der Waals surface area contributed by atoms with Gasteiger partial charge in [0.05, 0.1) is 5.54 Å². The van der Waals surface area contributed by atoms with Crippen LogP contribution in [0.3, 0.4) is 0 Å². The third-order valence-electron chi connectivity index (χ3n) is 6.56. The van der Waals surface area contributed by atoms with E-state index in [1.54, 1.807) is 6.92 Å². The van der Waals surface area contributed by atoms with E-state index in [1.165, 1.54) is 28.0 Å². The summed E-state index contributed by atoms with van der Waals surface area (Å²) in [7, 11) is 0. The molecule has 0 radical (unpaired) electrons. The summed E-state index contributed by atoms with van der Waals surface area (Å²) in [5, 5.41) is 3.64. The van der Waals surface area contributed by atoms with Gasteiger partial charge in [0.1, 0.15) is 0 Å². The molecule has 3 nitrogen and oxygen atoms in total. The summed E-state index contributed by atoms with van der Waals surface area (Å²) in [6, 6.07) is 15.2. The Balaban J connectivity index is 1.90. The second kappa shape index (κ2) is 6.22. The van der Waals surface area contributed by atoms with Crippen LogP contribution in [0.4, 0.5) is 11.4 Å². The van der Waals surface area contributed by atoms with E-state index in [0.717, 1.165) is 12.1 Å². The molecule has 0 fully saturated rings. The summed E-state index contributed by atoms with van der Waals surface area (Å²) >= 11 is 0. The van der Waals surface area contributed by atoms with Crippen LogP contribution in [0.1, 0.15) is 71.6 Å². The lowest BCUT2D eigenvalue weighted by atomic mass is 9.65. The van der Waals surface area contributed by atoms with E-state index in [0.29, 0.717) is 0 Å². The second-order valence-corrected chi connectivity index (χ2v) is 10.1. The van der Waals surface area contributed by atoms with Crippen LogP contribution < -0.4 is 10.2 Å². The van der Waals surface area contributed by atoms with Crippen molar-refractivity contribution < 1.29 is 4.79 Å². The van der Waals surface area contributed by atoms with Crippen molar-refractivity contribution in [1.29, 1.82) is 0 Å². The molecule has 1 amide bonds. The van der Waals surface area contributed by atoms with Gasteiger partial charge >= 0.3 is 0 Å². The molecular formula is C26H32N2O. The molecule has 0 aliphatic carbocycles. The van der Waals surface area contributed by atoms with Gasteiger partial charge in [-0.3, -0.25) is 4.79 Å². The molecule has 0 saturated heterocycles. The van der Waals surface area contributed by atoms with Crippen molar-refractivity contribution in [3.05, 3.63) is 65.2 Å². The molecule has 0 saturated carbocycles. The van der Waals surface area contributed by atoms with Gasteiger partial charge in [-0.15, -0.1) is 0 Å². The Hall–Kier alpha value is -2.55. The van der Waals surface area contributed by atoms with E-state index in [2.05, 4.69) is 89.3 Å². The molecule has 4 rings (SSSR count). The van der Waals surface area contributed by atoms with Crippen molar-refractivity contribution in [3.8, 4) is 0 Å². The number of anilines is 2. The maximum absolute atomic E-state index is 12.5. The third kappa shape index (κ3) is 3.08. The van der Waals surface area contributed by atoms with Gasteiger partial charge in [0.2, 0.25) is 5.91 Å². The molecule has 1 atom stereocenters. The number of rotatable bonds is 1. The number of hydrogen-bond donors (Lipinski definition) is 1. The number of hydrogen-bond acceptors (Lipinski definition) is 2. The Morgan fingerprint density at radius 2 is 1.72 bits per heavy atom. The number of para-hydroxylation sites is 1. The predicted octanol–water partition coefficient (Wildman–Crippen LogP) is 6.14. The number of carbonyl (C=O) groups is 1. The highest BCUT2D eigenvalue weighted by Gasteiger charge is 2.47. The minimum absolute atomic E-state index is 0.0378. The summed E-state index contributed by atoms with van der Waals surface area (Å²) in [5.74, 6) is 0.0974. The van der Waals surface area contributed by atoms with Crippen LogP contribution in [0, 0.1) is 0 Å². The van der Waals surface area contributed by atoms with Crippen molar-refractivity contribution in [2.45, 2.75) is 71.4 Å². The number of carbonyl (C=O) groups excluding carboxylic acids is 1. The van der Waals surface area contributed by atoms with E-state index < -0.39 is 0 Å². The first-order chi connectivity index (χ1) is 13.4. The molecule has 2 aromatic carbocycles. The molecule has 0 aromatic heterocycles. The molecule has 2 aliphatic rings. The Morgan fingerprint density at radius 1 is 1.03 bits per heavy atom. The van der Waals surface area contributed by atoms with Crippen molar-refractivity contribution >= 4 is 22.9 Å². The first kappa shape index (κ1) is 19.8. The highest BCUT2D eigenvalue weighted by molar-refractivity contribution is 5.95. The number of nitrogens with zero attached hydrogens (tertiary/aromatic N) is 1. The first-order valence-corrected chi connectivity index (χ1v) is 10.5. The molecule has 29 heavy (non-hydrogen) atoms. The molecule has 0 spiro atoms. The molecule has 152 valence electrons. The van der Waals surface area contributed by atoms with E-state index in [-0.39, 0.29) is 22.4 Å². The van der Waals surface area contributed by atoms with Crippen LogP contribution in [-0.4, -0.2) is 17.0 Å². The maximum atomic E-state index is 12.5. The Morgan fingerprint density at radius 3 is 2.41 bits per heavy atom. The number of amides is 1. The molecule has 0 bridgehead atoms. The van der Waals surface area contributed by atoms with Crippen LogP contribution in [0.15, 0.2) is 48.5 Å². The smallest absolute Gasteiger partial charge is 0.224 e. The lowest BCUT2D eigenvalue weighted by Gasteiger charge is -2.51. The predicted molar refractivity (Wildman–Crippen MR) is 123 cm³/mol. The maximum Gasteiger partial charge on any atom is 0.224 e. The zero-order chi connectivity index (χ0) is 21.2. The van der Waals surface area contributed by atoms with Crippen molar-refractivity contribution in [1.82, 2.24) is 0 Å². The van der Waals surface area contributed by atoms with Gasteiger partial charge < -0.3 is 10.2 Å². The van der Waals surface area contributed by atoms with Crippen molar-refractivity contribution in [2.75, 3.05) is 10.2 Å². The summed E-state index contributed by atoms with van der Waals surface area (Å²) < 4.78 is 0. The van der Waals surface area contributed by atoms with Gasteiger partial charge in [-0.2, -0.15) is 0 Å². The molecule has 1 N–H and O–H groups in total. The largest absolute Gasteiger partial charge is 0.376 e. The topological polar surface area (TPSA) is 32.3 Å². The molecule has 3 heteroatoms. The van der Waals surface area contributed by atoms with Crippen LogP contribution in [0.5, 0.6) is 0 Å². The fourth-order valence-corrected chi connectivity index (χ4v) is 5.68. The quantitative estimate of drug-likeness (QED) is 0.637. The minimum Gasteiger partial charge on any atom is -0.376 e. The first-order valence-electron chi connectivity index (χ1n) is 10.5. The molecule has 2 aromatic rings. The monoisotopic (exact) mass is 388 g/mol. The van der Waals surface area contributed by atoms with Crippen LogP contribution >= 0.6 is 0 Å². The van der Waals surface area contributed by atoms with Gasteiger partial charge in [-0.05, 0) is 75.9 Å². The van der Waals surface area contributed by atoms with E-state index in [1.807, 2.05) is 11.0 Å². The number of nitrogens with one attached hydrogen (secondary N) is 1. The number of benzene rings is 2. The fourth-order valence-electron chi connectivity index (χ4n) is 5.68. The van der Waals surface area contributed by atoms with E-state index in [4.69, 9.17) is 0 Å². The van der Waals surface area contributed by atoms with Crippen LogP contribution in [0.25, 0.3) is 5.57 Å². The van der Waals surface area contributed by atoms with Crippen LogP contribution in [-0.2, 0) is 10.2 Å². The van der Waals surface area contributed by atoms with Crippen LogP contribution in [0.2, 0.25) is 0 Å². The fraction of sp³-hybridized carbons (Fsp3) is 0.423. The zero-order valence-electron chi connectivity index (χ0n) is 18.7. The molecule has 2 heterocycles. The SMILES string of the molecule is CC(=O)N1c2ccccc2[C@](C)(c2ccc3c(c2)C(C)=CC(C)(C)N3)CC1(C)C. The van der Waals surface area contributed by atoms with Crippen molar-refractivity contribution in [2.24, 2.45) is 0 Å². The lowest BCUT2D eigenvalue weighted by Crippen LogP contribution is -2.55. The average molecular weight is 389 g/mol. The summed E-state index contributed by atoms with van der Waals surface area (Å²) in [5.41, 5.74) is 6.84. The number of fused-ring (bicyclic) bond motifs is 2. The van der Waals surface area contributed by atoms with Gasteiger partial charge in [-0.1, -0.05) is 37.3 Å². The van der Waals surface area contributed by atoms with Gasteiger partial charge in [0.15, 0.2) is 0 Å². The number of allylic oxidation sites excluding steroid dienone is 1. The standard InChI is InChI=1S/C26H32N2O/c1-17-15-24(3,4)27-22-13-12-19(14-20(17)22)26(7)16-25(5,6)28(18(2)29)23-11-9-8-10-21(23)26/h8-15,27H,16H2,1-7H3/t26-/m0/s1. The normalized spacial score (nSPS) is 24.1. The van der Waals surface area contributed by atoms with E-state index in [9.17, 15) is 4.79 Å². The lowest BCUT2D eigenvalue weighted by molar-refractivity contribution is -0.117. The minimum atomic E-state index is -0.268. The molecule has 0 unspecified atom stereocenters. The summed E-state index contributed by atoms with van der Waals surface area (Å²) in [4.78, 5) is 14.5. The van der Waals surface area contributed by atoms with Gasteiger partial charge in [0.25, 0.3) is 0 Å².